The van der Waals surface area contributed by atoms with Gasteiger partial charge in [0.1, 0.15) is 0 Å². The fourth-order valence-electron chi connectivity index (χ4n) is 3.91. The van der Waals surface area contributed by atoms with Crippen LogP contribution in [0.5, 0.6) is 0 Å². The Morgan fingerprint density at radius 3 is 2.74 bits per heavy atom. The van der Waals surface area contributed by atoms with Gasteiger partial charge in [0.2, 0.25) is 0 Å². The number of nitrogens with one attached hydrogen (secondary N) is 1. The number of para-hydroxylation sites is 1. The van der Waals surface area contributed by atoms with Crippen LogP contribution in [0.15, 0.2) is 18.2 Å². The second-order valence-electron chi connectivity index (χ2n) is 6.48. The van der Waals surface area contributed by atoms with Gasteiger partial charge >= 0.3 is 0 Å². The van der Waals surface area contributed by atoms with Crippen molar-refractivity contribution in [3.63, 3.8) is 0 Å². The molecule has 2 aliphatic rings. The molecule has 2 nitrogen and oxygen atoms in total. The second kappa shape index (κ2) is 4.82. The number of rotatable bonds is 1. The molecule has 19 heavy (non-hydrogen) atoms. The van der Waals surface area contributed by atoms with Crippen LogP contribution in [-0.4, -0.2) is 30.1 Å². The number of nitrogens with zero attached hydrogens (tertiary/aromatic N) is 1. The average Bonchev–Trinajstić information content (AvgIpc) is 2.41. The fraction of sp³-hybridized carbons (Fsp3) is 0.647. The molecule has 0 aliphatic carbocycles. The van der Waals surface area contributed by atoms with Gasteiger partial charge in [0, 0.05) is 24.3 Å². The molecule has 0 amide bonds. The molecule has 1 atom stereocenters. The monoisotopic (exact) mass is 258 g/mol. The summed E-state index contributed by atoms with van der Waals surface area (Å²) in [5, 5.41) is 3.93. The van der Waals surface area contributed by atoms with Gasteiger partial charge < -0.3 is 10.2 Å². The Balaban J connectivity index is 1.87. The largest absolute Gasteiger partial charge is 0.379 e. The zero-order valence-corrected chi connectivity index (χ0v) is 12.5. The fourth-order valence-corrected chi connectivity index (χ4v) is 3.91. The van der Waals surface area contributed by atoms with Crippen LogP contribution in [-0.2, 0) is 0 Å². The first-order valence-corrected chi connectivity index (χ1v) is 7.73. The van der Waals surface area contributed by atoms with E-state index in [0.717, 1.165) is 0 Å². The first-order valence-electron chi connectivity index (χ1n) is 7.73. The van der Waals surface area contributed by atoms with Crippen molar-refractivity contribution in [2.24, 2.45) is 0 Å². The van der Waals surface area contributed by atoms with Crippen molar-refractivity contribution in [2.45, 2.75) is 51.5 Å². The molecule has 2 heterocycles. The van der Waals surface area contributed by atoms with Crippen molar-refractivity contribution >= 4 is 5.69 Å². The smallest absolute Gasteiger partial charge is 0.0409 e. The summed E-state index contributed by atoms with van der Waals surface area (Å²) in [4.78, 5) is 2.57. The summed E-state index contributed by atoms with van der Waals surface area (Å²) in [5.41, 5.74) is 4.69. The maximum absolute atomic E-state index is 3.93. The summed E-state index contributed by atoms with van der Waals surface area (Å²) in [6, 6.07) is 6.73. The van der Waals surface area contributed by atoms with E-state index in [1.165, 1.54) is 55.7 Å². The molecular weight excluding hydrogens is 232 g/mol. The van der Waals surface area contributed by atoms with E-state index in [9.17, 15) is 0 Å². The molecule has 2 aliphatic heterocycles. The molecule has 2 heteroatoms. The standard InChI is InChI=1S/C17H26N2/c1-4-19-10-8-17(9-11-19)12-14(3)15-7-5-6-13(2)16(15)18-17/h5-7,14,18H,4,8-12H2,1-3H3/t14-/m0/s1. The third-order valence-electron chi connectivity index (χ3n) is 5.18. The van der Waals surface area contributed by atoms with Gasteiger partial charge in [-0.2, -0.15) is 0 Å². The van der Waals surface area contributed by atoms with Crippen LogP contribution in [0.2, 0.25) is 0 Å². The number of aryl methyl sites for hydroxylation is 1. The molecule has 0 saturated carbocycles. The Labute approximate surface area is 117 Å². The van der Waals surface area contributed by atoms with E-state index >= 15 is 0 Å². The highest BCUT2D eigenvalue weighted by Crippen LogP contribution is 2.44. The maximum atomic E-state index is 3.93. The Kier molecular flexibility index (Phi) is 3.30. The predicted molar refractivity (Wildman–Crippen MR) is 81.9 cm³/mol. The maximum Gasteiger partial charge on any atom is 0.0409 e. The van der Waals surface area contributed by atoms with Crippen LogP contribution in [0.25, 0.3) is 0 Å². The lowest BCUT2D eigenvalue weighted by atomic mass is 9.74. The minimum atomic E-state index is 0.351. The molecule has 1 fully saturated rings. The van der Waals surface area contributed by atoms with Crippen molar-refractivity contribution in [3.8, 4) is 0 Å². The summed E-state index contributed by atoms with van der Waals surface area (Å²) < 4.78 is 0. The highest BCUT2D eigenvalue weighted by Gasteiger charge is 2.39. The van der Waals surface area contributed by atoms with Crippen LogP contribution in [0.4, 0.5) is 5.69 Å². The highest BCUT2D eigenvalue weighted by atomic mass is 15.2. The zero-order chi connectivity index (χ0) is 13.5. The third-order valence-corrected chi connectivity index (χ3v) is 5.18. The van der Waals surface area contributed by atoms with E-state index in [1.807, 2.05) is 0 Å². The molecule has 1 spiro atoms. The molecule has 0 bridgehead atoms. The predicted octanol–water partition coefficient (Wildman–Crippen LogP) is 3.77. The molecule has 0 unspecified atom stereocenters. The van der Waals surface area contributed by atoms with Crippen LogP contribution < -0.4 is 5.32 Å². The normalized spacial score (nSPS) is 25.9. The van der Waals surface area contributed by atoms with Crippen molar-refractivity contribution in [3.05, 3.63) is 29.3 Å². The average molecular weight is 258 g/mol. The van der Waals surface area contributed by atoms with Crippen molar-refractivity contribution in [1.82, 2.24) is 4.90 Å². The summed E-state index contributed by atoms with van der Waals surface area (Å²) in [6.45, 7) is 10.6. The Bertz CT molecular complexity index is 458. The number of hydrogen-bond donors (Lipinski definition) is 1. The van der Waals surface area contributed by atoms with Gasteiger partial charge in [-0.05, 0) is 49.8 Å². The highest BCUT2D eigenvalue weighted by molar-refractivity contribution is 5.62. The Hall–Kier alpha value is -1.02. The van der Waals surface area contributed by atoms with Gasteiger partial charge in [0.25, 0.3) is 0 Å². The van der Waals surface area contributed by atoms with Crippen molar-refractivity contribution in [2.75, 3.05) is 25.0 Å². The molecule has 1 aromatic carbocycles. The van der Waals surface area contributed by atoms with Crippen LogP contribution >= 0.6 is 0 Å². The van der Waals surface area contributed by atoms with E-state index in [0.29, 0.717) is 11.5 Å². The van der Waals surface area contributed by atoms with Crippen LogP contribution in [0.3, 0.4) is 0 Å². The third kappa shape index (κ3) is 2.27. The summed E-state index contributed by atoms with van der Waals surface area (Å²) in [7, 11) is 0. The van der Waals surface area contributed by atoms with Gasteiger partial charge in [-0.25, -0.2) is 0 Å². The van der Waals surface area contributed by atoms with Gasteiger partial charge in [-0.3, -0.25) is 0 Å². The molecular formula is C17H26N2. The lowest BCUT2D eigenvalue weighted by Gasteiger charge is -2.48. The number of anilines is 1. The molecule has 1 N–H and O–H groups in total. The van der Waals surface area contributed by atoms with Gasteiger partial charge in [0.05, 0.1) is 0 Å². The second-order valence-corrected chi connectivity index (χ2v) is 6.48. The van der Waals surface area contributed by atoms with Crippen molar-refractivity contribution < 1.29 is 0 Å². The summed E-state index contributed by atoms with van der Waals surface area (Å²) in [5.74, 6) is 0.685. The van der Waals surface area contributed by atoms with E-state index in [2.05, 4.69) is 49.2 Å². The molecule has 3 rings (SSSR count). The number of benzene rings is 1. The van der Waals surface area contributed by atoms with Gasteiger partial charge in [0.15, 0.2) is 0 Å². The Morgan fingerprint density at radius 2 is 2.05 bits per heavy atom. The van der Waals surface area contributed by atoms with E-state index < -0.39 is 0 Å². The number of piperidine rings is 1. The van der Waals surface area contributed by atoms with Crippen molar-refractivity contribution in [1.29, 1.82) is 0 Å². The molecule has 0 aromatic heterocycles. The van der Waals surface area contributed by atoms with E-state index in [4.69, 9.17) is 0 Å². The Morgan fingerprint density at radius 1 is 1.32 bits per heavy atom. The number of likely N-dealkylation sites (tertiary alicyclic amines) is 1. The summed E-state index contributed by atoms with van der Waals surface area (Å²) in [6.07, 6.45) is 3.87. The minimum Gasteiger partial charge on any atom is -0.379 e. The van der Waals surface area contributed by atoms with Crippen LogP contribution in [0, 0.1) is 6.92 Å². The number of hydrogen-bond acceptors (Lipinski definition) is 2. The molecule has 104 valence electrons. The van der Waals surface area contributed by atoms with Gasteiger partial charge in [-0.1, -0.05) is 32.0 Å². The molecule has 1 saturated heterocycles. The lowest BCUT2D eigenvalue weighted by Crippen LogP contribution is -2.51. The van der Waals surface area contributed by atoms with E-state index in [1.54, 1.807) is 0 Å². The first kappa shape index (κ1) is 13.0. The minimum absolute atomic E-state index is 0.351. The van der Waals surface area contributed by atoms with Gasteiger partial charge in [-0.15, -0.1) is 0 Å². The molecule has 0 radical (unpaired) electrons. The lowest BCUT2D eigenvalue weighted by molar-refractivity contribution is 0.166. The molecule has 1 aromatic rings. The zero-order valence-electron chi connectivity index (χ0n) is 12.5. The number of fused-ring (bicyclic) bond motifs is 1. The first-order chi connectivity index (χ1) is 9.13. The summed E-state index contributed by atoms with van der Waals surface area (Å²) >= 11 is 0. The topological polar surface area (TPSA) is 15.3 Å². The van der Waals surface area contributed by atoms with E-state index in [-0.39, 0.29) is 0 Å². The van der Waals surface area contributed by atoms with Crippen LogP contribution in [0.1, 0.15) is 50.2 Å². The SMILES string of the molecule is CCN1CCC2(CC1)C[C@H](C)c1cccc(C)c1N2. The quantitative estimate of drug-likeness (QED) is 0.825.